The number of hydrogen-bond donors (Lipinski definition) is 3. The number of aryl methyl sites for hydroxylation is 1. The molecule has 3 heterocycles. The second-order valence-electron chi connectivity index (χ2n) is 10.5. The summed E-state index contributed by atoms with van der Waals surface area (Å²) >= 11 is 0. The van der Waals surface area contributed by atoms with Crippen LogP contribution in [0.5, 0.6) is 5.75 Å². The van der Waals surface area contributed by atoms with Crippen LogP contribution in [0.25, 0.3) is 22.3 Å². The van der Waals surface area contributed by atoms with Gasteiger partial charge in [0.15, 0.2) is 0 Å². The summed E-state index contributed by atoms with van der Waals surface area (Å²) in [5.41, 5.74) is 0.819. The molecule has 3 aromatic rings. The van der Waals surface area contributed by atoms with E-state index >= 15 is 0 Å². The Kier molecular flexibility index (Phi) is 7.00. The van der Waals surface area contributed by atoms with Gasteiger partial charge in [0.25, 0.3) is 11.8 Å². The summed E-state index contributed by atoms with van der Waals surface area (Å²) in [7, 11) is 0. The second-order valence-corrected chi connectivity index (χ2v) is 10.5. The molecule has 2 amide bonds. The number of aliphatic hydroxyl groups is 1. The Morgan fingerprint density at radius 3 is 2.69 bits per heavy atom. The lowest BCUT2D eigenvalue weighted by Crippen LogP contribution is -2.42. The molecule has 1 aliphatic carbocycles. The molecule has 1 aliphatic heterocycles. The number of nitrogens with zero attached hydrogens (tertiary/aromatic N) is 3. The molecule has 3 atom stereocenters. The summed E-state index contributed by atoms with van der Waals surface area (Å²) < 4.78 is 46.7. The average molecular weight is 546 g/mol. The number of amides is 2. The van der Waals surface area contributed by atoms with E-state index in [-0.39, 0.29) is 46.7 Å². The van der Waals surface area contributed by atoms with Crippen molar-refractivity contribution in [1.29, 1.82) is 0 Å². The molecule has 1 saturated heterocycles. The number of aliphatic hydroxyl groups excluding tert-OH is 1. The highest BCUT2D eigenvalue weighted by atomic mass is 19.4. The third-order valence-corrected chi connectivity index (χ3v) is 7.28. The second kappa shape index (κ2) is 10.1. The minimum absolute atomic E-state index is 0.156. The lowest BCUT2D eigenvalue weighted by atomic mass is 10.0. The number of aromatic amines is 1. The Hall–Kier alpha value is -3.67. The number of aromatic nitrogens is 3. The maximum Gasteiger partial charge on any atom is 0.416 e. The van der Waals surface area contributed by atoms with Gasteiger partial charge >= 0.3 is 6.18 Å². The van der Waals surface area contributed by atoms with Gasteiger partial charge in [0, 0.05) is 29.9 Å². The van der Waals surface area contributed by atoms with Gasteiger partial charge in [-0.05, 0) is 64.2 Å². The SMILES string of the molecule is Cc1[nH]c2c(-c3cc(C(F)(F)F)ccc3OCC3CC3)ncnc2c1C(=O)N[C@H]1C[C@@H](C)N(C(=O)[C@H](C)O)C1. The first-order valence-electron chi connectivity index (χ1n) is 12.9. The van der Waals surface area contributed by atoms with E-state index in [0.29, 0.717) is 30.2 Å². The number of nitrogens with one attached hydrogen (secondary N) is 2. The Morgan fingerprint density at radius 2 is 2.03 bits per heavy atom. The van der Waals surface area contributed by atoms with Crippen LogP contribution in [0.2, 0.25) is 0 Å². The fraction of sp³-hybridized carbons (Fsp3) is 0.481. The van der Waals surface area contributed by atoms with Crippen molar-refractivity contribution in [3.63, 3.8) is 0 Å². The molecule has 12 heteroatoms. The molecule has 2 aromatic heterocycles. The van der Waals surface area contributed by atoms with Gasteiger partial charge < -0.3 is 25.0 Å². The number of benzene rings is 1. The van der Waals surface area contributed by atoms with E-state index in [0.717, 1.165) is 25.0 Å². The van der Waals surface area contributed by atoms with Gasteiger partial charge in [0.05, 0.1) is 23.3 Å². The molecule has 0 unspecified atom stereocenters. The molecule has 5 rings (SSSR count). The fourth-order valence-electron chi connectivity index (χ4n) is 5.05. The number of likely N-dealkylation sites (tertiary alicyclic amines) is 1. The van der Waals surface area contributed by atoms with Crippen molar-refractivity contribution in [3.05, 3.63) is 41.3 Å². The standard InChI is InChI=1S/C27H30F3N5O4/c1-13-8-18(10-35(13)26(38)15(3)36)34-25(37)21-14(2)33-24-22(31-12-32-23(21)24)19-9-17(27(28,29)30)6-7-20(19)39-11-16-4-5-16/h6-7,9,12-13,15-16,18,33,36H,4-5,8,10-11H2,1-3H3,(H,34,37)/t13-,15+,18+/m1/s1. The van der Waals surface area contributed by atoms with Gasteiger partial charge in [-0.15, -0.1) is 0 Å². The molecule has 1 saturated carbocycles. The van der Waals surface area contributed by atoms with Crippen LogP contribution in [0.1, 0.15) is 54.7 Å². The van der Waals surface area contributed by atoms with Crippen LogP contribution < -0.4 is 10.1 Å². The van der Waals surface area contributed by atoms with E-state index in [4.69, 9.17) is 4.74 Å². The van der Waals surface area contributed by atoms with Gasteiger partial charge in [0.1, 0.15) is 29.4 Å². The van der Waals surface area contributed by atoms with Crippen molar-refractivity contribution >= 4 is 22.8 Å². The largest absolute Gasteiger partial charge is 0.493 e. The molecule has 0 spiro atoms. The van der Waals surface area contributed by atoms with Crippen LogP contribution in [0.4, 0.5) is 13.2 Å². The molecular weight excluding hydrogens is 515 g/mol. The predicted octanol–water partition coefficient (Wildman–Crippen LogP) is 3.84. The maximum atomic E-state index is 13.6. The molecule has 2 fully saturated rings. The number of halogens is 3. The summed E-state index contributed by atoms with van der Waals surface area (Å²) in [6.45, 7) is 5.58. The van der Waals surface area contributed by atoms with E-state index in [1.54, 1.807) is 6.92 Å². The number of hydrogen-bond acceptors (Lipinski definition) is 6. The average Bonchev–Trinajstić information content (AvgIpc) is 3.54. The van der Waals surface area contributed by atoms with Gasteiger partial charge in [-0.2, -0.15) is 13.2 Å². The Balaban J connectivity index is 1.48. The van der Waals surface area contributed by atoms with Gasteiger partial charge in [-0.1, -0.05) is 0 Å². The predicted molar refractivity (Wildman–Crippen MR) is 136 cm³/mol. The normalized spacial score (nSPS) is 20.3. The quantitative estimate of drug-likeness (QED) is 0.415. The summed E-state index contributed by atoms with van der Waals surface area (Å²) in [6.07, 6.45) is -1.93. The summed E-state index contributed by atoms with van der Waals surface area (Å²) in [6, 6.07) is 2.79. The van der Waals surface area contributed by atoms with E-state index in [9.17, 15) is 27.9 Å². The van der Waals surface area contributed by atoms with Crippen LogP contribution in [-0.4, -0.2) is 68.1 Å². The van der Waals surface area contributed by atoms with Crippen molar-refractivity contribution in [3.8, 4) is 17.0 Å². The first-order valence-corrected chi connectivity index (χ1v) is 12.9. The molecule has 2 aliphatic rings. The summed E-state index contributed by atoms with van der Waals surface area (Å²) in [5, 5.41) is 12.6. The van der Waals surface area contributed by atoms with Crippen LogP contribution in [0, 0.1) is 12.8 Å². The minimum Gasteiger partial charge on any atom is -0.493 e. The van der Waals surface area contributed by atoms with Crippen molar-refractivity contribution in [1.82, 2.24) is 25.2 Å². The molecule has 3 N–H and O–H groups in total. The minimum atomic E-state index is -4.56. The molecular formula is C27H30F3N5O4. The van der Waals surface area contributed by atoms with Gasteiger partial charge in [-0.25, -0.2) is 9.97 Å². The molecule has 39 heavy (non-hydrogen) atoms. The fourth-order valence-corrected chi connectivity index (χ4v) is 5.05. The highest BCUT2D eigenvalue weighted by Crippen LogP contribution is 2.40. The first-order chi connectivity index (χ1) is 18.4. The Labute approximate surface area is 222 Å². The van der Waals surface area contributed by atoms with Crippen molar-refractivity contribution < 1.29 is 32.6 Å². The van der Waals surface area contributed by atoms with Crippen LogP contribution in [-0.2, 0) is 11.0 Å². The number of carbonyl (C=O) groups is 2. The van der Waals surface area contributed by atoms with Gasteiger partial charge in [0.2, 0.25) is 0 Å². The monoisotopic (exact) mass is 545 g/mol. The Bertz CT molecular complexity index is 1420. The number of alkyl halides is 3. The lowest BCUT2D eigenvalue weighted by molar-refractivity contribution is -0.140. The van der Waals surface area contributed by atoms with Gasteiger partial charge in [-0.3, -0.25) is 9.59 Å². The number of carbonyl (C=O) groups excluding carboxylic acids is 2. The van der Waals surface area contributed by atoms with Crippen molar-refractivity contribution in [2.75, 3.05) is 13.2 Å². The van der Waals surface area contributed by atoms with E-state index in [2.05, 4.69) is 20.3 Å². The number of ether oxygens (including phenoxy) is 1. The van der Waals surface area contributed by atoms with E-state index in [1.165, 1.54) is 24.2 Å². The molecule has 1 aromatic carbocycles. The summed E-state index contributed by atoms with van der Waals surface area (Å²) in [5.74, 6) is -0.170. The third kappa shape index (κ3) is 5.42. The first kappa shape index (κ1) is 26.9. The number of H-pyrrole nitrogens is 1. The molecule has 0 radical (unpaired) electrons. The zero-order valence-corrected chi connectivity index (χ0v) is 21.8. The van der Waals surface area contributed by atoms with Crippen LogP contribution in [0.15, 0.2) is 24.5 Å². The molecule has 0 bridgehead atoms. The molecule has 9 nitrogen and oxygen atoms in total. The topological polar surface area (TPSA) is 120 Å². The Morgan fingerprint density at radius 1 is 1.28 bits per heavy atom. The maximum absolute atomic E-state index is 13.6. The van der Waals surface area contributed by atoms with Crippen molar-refractivity contribution in [2.24, 2.45) is 5.92 Å². The smallest absolute Gasteiger partial charge is 0.416 e. The highest BCUT2D eigenvalue weighted by Gasteiger charge is 2.36. The van der Waals surface area contributed by atoms with Crippen molar-refractivity contribution in [2.45, 2.75) is 64.4 Å². The van der Waals surface area contributed by atoms with E-state index in [1.807, 2.05) is 6.92 Å². The third-order valence-electron chi connectivity index (χ3n) is 7.28. The zero-order valence-electron chi connectivity index (χ0n) is 21.8. The zero-order chi connectivity index (χ0) is 28.1. The highest BCUT2D eigenvalue weighted by molar-refractivity contribution is 6.09. The van der Waals surface area contributed by atoms with E-state index < -0.39 is 29.7 Å². The van der Waals surface area contributed by atoms with Crippen LogP contribution >= 0.6 is 0 Å². The van der Waals surface area contributed by atoms with Crippen LogP contribution in [0.3, 0.4) is 0 Å². The molecule has 208 valence electrons. The number of rotatable bonds is 7. The number of fused-ring (bicyclic) bond motifs is 1. The summed E-state index contributed by atoms with van der Waals surface area (Å²) in [4.78, 5) is 38.9. The lowest BCUT2D eigenvalue weighted by Gasteiger charge is -2.22.